The summed E-state index contributed by atoms with van der Waals surface area (Å²) in [6.45, 7) is 7.75. The first kappa shape index (κ1) is 18.7. The van der Waals surface area contributed by atoms with Crippen molar-refractivity contribution in [2.45, 2.75) is 39.2 Å². The summed E-state index contributed by atoms with van der Waals surface area (Å²) in [6.07, 6.45) is 2.48. The Bertz CT molecular complexity index is 699. The van der Waals surface area contributed by atoms with Crippen LogP contribution in [0, 0.1) is 19.8 Å². The lowest BCUT2D eigenvalue weighted by Gasteiger charge is -2.21. The molecule has 0 bridgehead atoms. The van der Waals surface area contributed by atoms with Crippen LogP contribution in [0.5, 0.6) is 0 Å². The number of hydrogen-bond donors (Lipinski definition) is 2. The van der Waals surface area contributed by atoms with E-state index in [0.717, 1.165) is 16.8 Å². The monoisotopic (exact) mass is 344 g/mol. The predicted molar refractivity (Wildman–Crippen MR) is 95.4 cm³/mol. The number of amides is 2. The standard InChI is InChI=1S/C19H24N2O4/c1-4-5-8-15(19(24)25)20-18(23)14-10-17(22)21(11-14)16-9-6-7-12(2)13(16)3/h4,6-7,9,14-15H,1,5,8,10-11H2,2-3H3,(H,20,23)(H,24,25). The van der Waals surface area contributed by atoms with Crippen LogP contribution in [-0.2, 0) is 14.4 Å². The number of aliphatic carboxylic acids is 1. The maximum absolute atomic E-state index is 12.4. The molecule has 1 aliphatic rings. The first-order valence-corrected chi connectivity index (χ1v) is 8.35. The summed E-state index contributed by atoms with van der Waals surface area (Å²) in [6, 6.07) is 4.76. The Labute approximate surface area is 147 Å². The highest BCUT2D eigenvalue weighted by atomic mass is 16.4. The van der Waals surface area contributed by atoms with Crippen LogP contribution >= 0.6 is 0 Å². The van der Waals surface area contributed by atoms with Crippen molar-refractivity contribution in [3.63, 3.8) is 0 Å². The van der Waals surface area contributed by atoms with E-state index in [9.17, 15) is 19.5 Å². The van der Waals surface area contributed by atoms with Crippen LogP contribution in [0.4, 0.5) is 5.69 Å². The van der Waals surface area contributed by atoms with E-state index in [0.29, 0.717) is 6.42 Å². The average Bonchev–Trinajstić information content (AvgIpc) is 2.95. The molecule has 0 aromatic heterocycles. The highest BCUT2D eigenvalue weighted by molar-refractivity contribution is 6.01. The summed E-state index contributed by atoms with van der Waals surface area (Å²) in [5.74, 6) is -2.13. The first-order valence-electron chi connectivity index (χ1n) is 8.35. The molecular formula is C19H24N2O4. The Kier molecular flexibility index (Phi) is 5.96. The van der Waals surface area contributed by atoms with Crippen molar-refractivity contribution in [3.8, 4) is 0 Å². The van der Waals surface area contributed by atoms with Crippen LogP contribution in [0.25, 0.3) is 0 Å². The first-order chi connectivity index (χ1) is 11.8. The molecule has 1 aliphatic heterocycles. The molecule has 1 heterocycles. The number of aryl methyl sites for hydroxylation is 1. The fraction of sp³-hybridized carbons (Fsp3) is 0.421. The van der Waals surface area contributed by atoms with Crippen LogP contribution in [0.1, 0.15) is 30.4 Å². The van der Waals surface area contributed by atoms with Gasteiger partial charge in [-0.15, -0.1) is 6.58 Å². The molecule has 0 aliphatic carbocycles. The van der Waals surface area contributed by atoms with E-state index in [1.165, 1.54) is 0 Å². The van der Waals surface area contributed by atoms with E-state index in [-0.39, 0.29) is 25.3 Å². The van der Waals surface area contributed by atoms with Gasteiger partial charge >= 0.3 is 5.97 Å². The summed E-state index contributed by atoms with van der Waals surface area (Å²) < 4.78 is 0. The molecule has 2 rings (SSSR count). The SMILES string of the molecule is C=CCCC(NC(=O)C1CC(=O)N(c2cccc(C)c2C)C1)C(=O)O. The second-order valence-corrected chi connectivity index (χ2v) is 6.39. The lowest BCUT2D eigenvalue weighted by Crippen LogP contribution is -2.44. The van der Waals surface area contributed by atoms with Crippen molar-refractivity contribution in [1.82, 2.24) is 5.32 Å². The van der Waals surface area contributed by atoms with E-state index in [4.69, 9.17) is 0 Å². The van der Waals surface area contributed by atoms with Gasteiger partial charge in [0.05, 0.1) is 5.92 Å². The summed E-state index contributed by atoms with van der Waals surface area (Å²) in [7, 11) is 0. The summed E-state index contributed by atoms with van der Waals surface area (Å²) in [5.41, 5.74) is 2.89. The van der Waals surface area contributed by atoms with Crippen molar-refractivity contribution in [1.29, 1.82) is 0 Å². The number of anilines is 1. The molecule has 1 aromatic rings. The second-order valence-electron chi connectivity index (χ2n) is 6.39. The molecule has 0 saturated carbocycles. The molecule has 2 N–H and O–H groups in total. The van der Waals surface area contributed by atoms with Gasteiger partial charge in [0.15, 0.2) is 0 Å². The molecule has 6 heteroatoms. The van der Waals surface area contributed by atoms with E-state index < -0.39 is 23.8 Å². The third-order valence-electron chi connectivity index (χ3n) is 4.64. The highest BCUT2D eigenvalue weighted by Gasteiger charge is 2.37. The van der Waals surface area contributed by atoms with Crippen molar-refractivity contribution in [3.05, 3.63) is 42.0 Å². The van der Waals surface area contributed by atoms with Gasteiger partial charge in [0.2, 0.25) is 11.8 Å². The second kappa shape index (κ2) is 7.96. The summed E-state index contributed by atoms with van der Waals surface area (Å²) in [5, 5.41) is 11.8. The molecule has 0 spiro atoms. The van der Waals surface area contributed by atoms with Gasteiger partial charge in [0, 0.05) is 18.7 Å². The normalized spacial score (nSPS) is 18.1. The van der Waals surface area contributed by atoms with Crippen molar-refractivity contribution in [2.75, 3.05) is 11.4 Å². The maximum atomic E-state index is 12.4. The zero-order valence-electron chi connectivity index (χ0n) is 14.6. The average molecular weight is 344 g/mol. The van der Waals surface area contributed by atoms with Crippen molar-refractivity contribution in [2.24, 2.45) is 5.92 Å². The molecule has 2 amide bonds. The fourth-order valence-corrected chi connectivity index (χ4v) is 2.98. The van der Waals surface area contributed by atoms with E-state index in [1.807, 2.05) is 32.0 Å². The number of carbonyl (C=O) groups excluding carboxylic acids is 2. The topological polar surface area (TPSA) is 86.7 Å². The number of hydrogen-bond acceptors (Lipinski definition) is 3. The Morgan fingerprint density at radius 1 is 1.44 bits per heavy atom. The lowest BCUT2D eigenvalue weighted by atomic mass is 10.1. The number of carboxylic acid groups (broad SMARTS) is 1. The van der Waals surface area contributed by atoms with Gasteiger partial charge in [0.25, 0.3) is 0 Å². The quantitative estimate of drug-likeness (QED) is 0.742. The van der Waals surface area contributed by atoms with Gasteiger partial charge < -0.3 is 15.3 Å². The minimum Gasteiger partial charge on any atom is -0.480 e. The maximum Gasteiger partial charge on any atom is 0.326 e. The van der Waals surface area contributed by atoms with Gasteiger partial charge in [-0.2, -0.15) is 0 Å². The summed E-state index contributed by atoms with van der Waals surface area (Å²) in [4.78, 5) is 37.7. The predicted octanol–water partition coefficient (Wildman–Crippen LogP) is 2.19. The number of benzene rings is 1. The smallest absolute Gasteiger partial charge is 0.326 e. The molecule has 1 saturated heterocycles. The fourth-order valence-electron chi connectivity index (χ4n) is 2.98. The van der Waals surface area contributed by atoms with Gasteiger partial charge in [-0.3, -0.25) is 9.59 Å². The molecule has 1 fully saturated rings. The Morgan fingerprint density at radius 2 is 2.16 bits per heavy atom. The molecular weight excluding hydrogens is 320 g/mol. The van der Waals surface area contributed by atoms with Crippen molar-refractivity contribution >= 4 is 23.5 Å². The zero-order chi connectivity index (χ0) is 18.6. The molecule has 6 nitrogen and oxygen atoms in total. The third kappa shape index (κ3) is 4.26. The molecule has 25 heavy (non-hydrogen) atoms. The van der Waals surface area contributed by atoms with Gasteiger partial charge in [-0.25, -0.2) is 4.79 Å². The Balaban J connectivity index is 2.08. The van der Waals surface area contributed by atoms with E-state index in [2.05, 4.69) is 11.9 Å². The third-order valence-corrected chi connectivity index (χ3v) is 4.64. The number of allylic oxidation sites excluding steroid dienone is 1. The Hall–Kier alpha value is -2.63. The van der Waals surface area contributed by atoms with Crippen LogP contribution < -0.4 is 10.2 Å². The molecule has 1 aromatic carbocycles. The molecule has 134 valence electrons. The van der Waals surface area contributed by atoms with Gasteiger partial charge in [0.1, 0.15) is 6.04 Å². The van der Waals surface area contributed by atoms with E-state index in [1.54, 1.807) is 11.0 Å². The molecule has 2 unspecified atom stereocenters. The van der Waals surface area contributed by atoms with Crippen LogP contribution in [0.2, 0.25) is 0 Å². The van der Waals surface area contributed by atoms with Gasteiger partial charge in [-0.05, 0) is 43.9 Å². The Morgan fingerprint density at radius 3 is 2.80 bits per heavy atom. The minimum absolute atomic E-state index is 0.0903. The van der Waals surface area contributed by atoms with Crippen LogP contribution in [0.3, 0.4) is 0 Å². The van der Waals surface area contributed by atoms with Gasteiger partial charge in [-0.1, -0.05) is 18.2 Å². The van der Waals surface area contributed by atoms with Crippen LogP contribution in [-0.4, -0.2) is 35.5 Å². The van der Waals surface area contributed by atoms with E-state index >= 15 is 0 Å². The number of carboxylic acids is 1. The largest absolute Gasteiger partial charge is 0.480 e. The number of carbonyl (C=O) groups is 3. The zero-order valence-corrected chi connectivity index (χ0v) is 14.6. The lowest BCUT2D eigenvalue weighted by molar-refractivity contribution is -0.142. The molecule has 0 radical (unpaired) electrons. The number of nitrogens with zero attached hydrogens (tertiary/aromatic N) is 1. The van der Waals surface area contributed by atoms with Crippen LogP contribution in [0.15, 0.2) is 30.9 Å². The number of rotatable bonds is 7. The van der Waals surface area contributed by atoms with Crippen molar-refractivity contribution < 1.29 is 19.5 Å². The molecule has 2 atom stereocenters. The summed E-state index contributed by atoms with van der Waals surface area (Å²) >= 11 is 0. The minimum atomic E-state index is -1.08. The number of nitrogens with one attached hydrogen (secondary N) is 1. The highest BCUT2D eigenvalue weighted by Crippen LogP contribution is 2.29.